The zero-order chi connectivity index (χ0) is 21.5. The number of amides is 2. The summed E-state index contributed by atoms with van der Waals surface area (Å²) < 4.78 is 7.54. The normalized spacial score (nSPS) is 19.1. The summed E-state index contributed by atoms with van der Waals surface area (Å²) in [7, 11) is 0. The lowest BCUT2D eigenvalue weighted by Gasteiger charge is -2.31. The molecule has 1 saturated heterocycles. The van der Waals surface area contributed by atoms with Gasteiger partial charge in [-0.2, -0.15) is 0 Å². The first kappa shape index (κ1) is 20.8. The Balaban J connectivity index is 1.46. The Labute approximate surface area is 180 Å². The van der Waals surface area contributed by atoms with Crippen molar-refractivity contribution in [3.63, 3.8) is 0 Å². The number of carbonyl (C=O) groups excluding carboxylic acids is 2. The number of likely N-dealkylation sites (tertiary alicyclic amines) is 1. The molecule has 10 heteroatoms. The van der Waals surface area contributed by atoms with E-state index < -0.39 is 5.60 Å². The number of rotatable bonds is 3. The minimum atomic E-state index is -0.534. The third-order valence-corrected chi connectivity index (χ3v) is 6.13. The number of aromatic nitrogens is 4. The van der Waals surface area contributed by atoms with Crippen LogP contribution >= 0.6 is 11.3 Å². The quantitative estimate of drug-likeness (QED) is 0.740. The van der Waals surface area contributed by atoms with Crippen LogP contribution < -0.4 is 0 Å². The van der Waals surface area contributed by atoms with E-state index in [1.54, 1.807) is 16.2 Å². The molecule has 2 aliphatic heterocycles. The first-order valence-electron chi connectivity index (χ1n) is 10.3. The highest BCUT2D eigenvalue weighted by atomic mass is 32.1. The van der Waals surface area contributed by atoms with Crippen molar-refractivity contribution >= 4 is 23.3 Å². The van der Waals surface area contributed by atoms with Crippen LogP contribution in [0.1, 0.15) is 62.0 Å². The molecule has 0 N–H and O–H groups in total. The maximum atomic E-state index is 12.9. The van der Waals surface area contributed by atoms with Crippen LogP contribution in [-0.2, 0) is 29.0 Å². The Kier molecular flexibility index (Phi) is 5.52. The van der Waals surface area contributed by atoms with Gasteiger partial charge in [0.15, 0.2) is 11.6 Å². The maximum absolute atomic E-state index is 12.9. The molecule has 0 spiro atoms. The Morgan fingerprint density at radius 2 is 2.03 bits per heavy atom. The van der Waals surface area contributed by atoms with Crippen LogP contribution in [0, 0.1) is 6.92 Å². The number of carbonyl (C=O) groups is 2. The second-order valence-electron chi connectivity index (χ2n) is 8.81. The van der Waals surface area contributed by atoms with E-state index in [2.05, 4.69) is 19.7 Å². The van der Waals surface area contributed by atoms with Gasteiger partial charge in [0, 0.05) is 25.0 Å². The fourth-order valence-electron chi connectivity index (χ4n) is 3.99. The van der Waals surface area contributed by atoms with Crippen molar-refractivity contribution < 1.29 is 14.3 Å². The summed E-state index contributed by atoms with van der Waals surface area (Å²) in [4.78, 5) is 33.3. The minimum absolute atomic E-state index is 0.0753. The average Bonchev–Trinajstić information content (AvgIpc) is 3.38. The smallest absolute Gasteiger partial charge is 0.410 e. The summed E-state index contributed by atoms with van der Waals surface area (Å²) in [5, 5.41) is 11.7. The lowest BCUT2D eigenvalue weighted by Crippen LogP contribution is -2.42. The van der Waals surface area contributed by atoms with Crippen LogP contribution in [0.5, 0.6) is 0 Å². The van der Waals surface area contributed by atoms with E-state index in [1.807, 2.05) is 38.0 Å². The highest BCUT2D eigenvalue weighted by Gasteiger charge is 2.36. The van der Waals surface area contributed by atoms with E-state index in [-0.39, 0.29) is 18.0 Å². The molecule has 2 amide bonds. The molecule has 0 bridgehead atoms. The van der Waals surface area contributed by atoms with Crippen molar-refractivity contribution in [3.8, 4) is 0 Å². The van der Waals surface area contributed by atoms with Crippen LogP contribution in [0.15, 0.2) is 5.38 Å². The zero-order valence-electron chi connectivity index (χ0n) is 17.9. The van der Waals surface area contributed by atoms with E-state index in [9.17, 15) is 9.59 Å². The molecule has 1 fully saturated rings. The maximum Gasteiger partial charge on any atom is 0.410 e. The minimum Gasteiger partial charge on any atom is -0.444 e. The molecule has 30 heavy (non-hydrogen) atoms. The van der Waals surface area contributed by atoms with Gasteiger partial charge in [-0.3, -0.25) is 9.69 Å². The number of hydrogen-bond donors (Lipinski definition) is 0. The van der Waals surface area contributed by atoms with Gasteiger partial charge in [-0.1, -0.05) is 0 Å². The van der Waals surface area contributed by atoms with Crippen molar-refractivity contribution in [2.75, 3.05) is 13.1 Å². The zero-order valence-corrected chi connectivity index (χ0v) is 18.7. The lowest BCUT2D eigenvalue weighted by molar-refractivity contribution is -0.131. The van der Waals surface area contributed by atoms with Crippen molar-refractivity contribution in [1.29, 1.82) is 0 Å². The Hall–Kier alpha value is -2.49. The summed E-state index contributed by atoms with van der Waals surface area (Å²) in [6.07, 6.45) is 1.79. The van der Waals surface area contributed by atoms with Gasteiger partial charge in [0.25, 0.3) is 0 Å². The van der Waals surface area contributed by atoms with Crippen molar-refractivity contribution in [3.05, 3.63) is 27.7 Å². The lowest BCUT2D eigenvalue weighted by atomic mass is 10.2. The molecular formula is C20H28N6O3S. The van der Waals surface area contributed by atoms with E-state index in [4.69, 9.17) is 4.74 Å². The van der Waals surface area contributed by atoms with Crippen LogP contribution in [-0.4, -0.2) is 60.2 Å². The van der Waals surface area contributed by atoms with E-state index in [1.165, 1.54) is 0 Å². The second-order valence-corrected chi connectivity index (χ2v) is 9.87. The van der Waals surface area contributed by atoms with Gasteiger partial charge in [0.1, 0.15) is 5.60 Å². The van der Waals surface area contributed by atoms with Crippen LogP contribution in [0.2, 0.25) is 0 Å². The van der Waals surface area contributed by atoms with Gasteiger partial charge in [0.2, 0.25) is 5.91 Å². The first-order valence-corrected chi connectivity index (χ1v) is 11.2. The molecule has 2 aromatic rings. The Bertz CT molecular complexity index is 947. The molecule has 162 valence electrons. The molecule has 0 aliphatic carbocycles. The SMILES string of the molecule is Cc1nc(CC(=O)N2CCC[C@H]2c2nnc3n2CCN(C(=O)OC(C)(C)C)C3)cs1. The highest BCUT2D eigenvalue weighted by molar-refractivity contribution is 7.09. The van der Waals surface area contributed by atoms with Gasteiger partial charge < -0.3 is 14.2 Å². The predicted molar refractivity (Wildman–Crippen MR) is 111 cm³/mol. The fraction of sp³-hybridized carbons (Fsp3) is 0.650. The van der Waals surface area contributed by atoms with E-state index in [0.717, 1.165) is 41.7 Å². The molecular weight excluding hydrogens is 404 g/mol. The molecule has 4 rings (SSSR count). The topological polar surface area (TPSA) is 93.5 Å². The first-order chi connectivity index (χ1) is 14.2. The molecule has 0 unspecified atom stereocenters. The highest BCUT2D eigenvalue weighted by Crippen LogP contribution is 2.33. The molecule has 2 aliphatic rings. The van der Waals surface area contributed by atoms with Gasteiger partial charge in [0.05, 0.1) is 29.7 Å². The van der Waals surface area contributed by atoms with E-state index in [0.29, 0.717) is 26.1 Å². The van der Waals surface area contributed by atoms with Crippen LogP contribution in [0.25, 0.3) is 0 Å². The third kappa shape index (κ3) is 4.33. The van der Waals surface area contributed by atoms with Gasteiger partial charge >= 0.3 is 6.09 Å². The summed E-state index contributed by atoms with van der Waals surface area (Å²) >= 11 is 1.56. The summed E-state index contributed by atoms with van der Waals surface area (Å²) in [5.41, 5.74) is 0.290. The van der Waals surface area contributed by atoms with Crippen molar-refractivity contribution in [2.24, 2.45) is 0 Å². The number of hydrogen-bond acceptors (Lipinski definition) is 7. The van der Waals surface area contributed by atoms with Crippen molar-refractivity contribution in [1.82, 2.24) is 29.5 Å². The van der Waals surface area contributed by atoms with Gasteiger partial charge in [-0.15, -0.1) is 21.5 Å². The molecule has 0 saturated carbocycles. The van der Waals surface area contributed by atoms with Crippen LogP contribution in [0.4, 0.5) is 4.79 Å². The second kappa shape index (κ2) is 7.98. The molecule has 4 heterocycles. The molecule has 2 aromatic heterocycles. The molecule has 0 radical (unpaired) electrons. The standard InChI is InChI=1S/C20H28N6O3S/c1-13-21-14(12-30-13)10-17(27)25-7-5-6-15(25)18-23-22-16-11-24(8-9-26(16)18)19(28)29-20(2,3)4/h12,15H,5-11H2,1-4H3/t15-/m0/s1. The monoisotopic (exact) mass is 432 g/mol. The number of aryl methyl sites for hydroxylation is 1. The number of ether oxygens (including phenoxy) is 1. The largest absolute Gasteiger partial charge is 0.444 e. The molecule has 1 atom stereocenters. The predicted octanol–water partition coefficient (Wildman–Crippen LogP) is 2.70. The Morgan fingerprint density at radius 1 is 1.23 bits per heavy atom. The summed E-state index contributed by atoms with van der Waals surface area (Å²) in [5.74, 6) is 1.62. The summed E-state index contributed by atoms with van der Waals surface area (Å²) in [6.45, 7) is 9.72. The number of nitrogens with zero attached hydrogens (tertiary/aromatic N) is 6. The van der Waals surface area contributed by atoms with Crippen molar-refractivity contribution in [2.45, 2.75) is 71.7 Å². The summed E-state index contributed by atoms with van der Waals surface area (Å²) in [6, 6.07) is -0.0773. The van der Waals surface area contributed by atoms with E-state index >= 15 is 0 Å². The number of fused-ring (bicyclic) bond motifs is 1. The fourth-order valence-corrected chi connectivity index (χ4v) is 4.60. The van der Waals surface area contributed by atoms with Gasteiger partial charge in [-0.25, -0.2) is 9.78 Å². The Morgan fingerprint density at radius 3 is 2.73 bits per heavy atom. The molecule has 9 nitrogen and oxygen atoms in total. The number of thiazole rings is 1. The molecule has 0 aromatic carbocycles. The average molecular weight is 433 g/mol. The van der Waals surface area contributed by atoms with Gasteiger partial charge in [-0.05, 0) is 40.5 Å². The third-order valence-electron chi connectivity index (χ3n) is 5.30. The van der Waals surface area contributed by atoms with Crippen LogP contribution in [0.3, 0.4) is 0 Å².